The third kappa shape index (κ3) is 2.77. The van der Waals surface area contributed by atoms with Crippen molar-refractivity contribution in [1.82, 2.24) is 5.32 Å². The van der Waals surface area contributed by atoms with Crippen molar-refractivity contribution in [2.45, 2.75) is 12.8 Å². The lowest BCUT2D eigenvalue weighted by atomic mass is 10.1. The Balaban J connectivity index is 2.09. The number of halogens is 1. The molecule has 1 aromatic carbocycles. The molecule has 1 aromatic rings. The number of carbonyl (C=O) groups excluding carboxylic acids is 1. The Morgan fingerprint density at radius 1 is 1.50 bits per heavy atom. The van der Waals surface area contributed by atoms with Crippen molar-refractivity contribution >= 4 is 17.3 Å². The molecule has 1 aliphatic heterocycles. The second-order valence-electron chi connectivity index (χ2n) is 3.88. The number of hydrogen-bond donors (Lipinski definition) is 2. The molecule has 0 spiro atoms. The lowest BCUT2D eigenvalue weighted by molar-refractivity contribution is -0.115. The SMILES string of the molecule is COc1ccc(NN=C2CCCNC2=O)c(F)c1. The van der Waals surface area contributed by atoms with E-state index in [1.54, 1.807) is 6.07 Å². The Hall–Kier alpha value is -2.11. The lowest BCUT2D eigenvalue weighted by Crippen LogP contribution is -2.37. The van der Waals surface area contributed by atoms with Crippen LogP contribution in [0.2, 0.25) is 0 Å². The van der Waals surface area contributed by atoms with E-state index in [4.69, 9.17) is 4.74 Å². The second-order valence-corrected chi connectivity index (χ2v) is 3.88. The molecule has 1 amide bonds. The number of carbonyl (C=O) groups is 1. The van der Waals surface area contributed by atoms with E-state index in [0.29, 0.717) is 24.4 Å². The number of amides is 1. The molecule has 1 aliphatic rings. The molecule has 0 bridgehead atoms. The third-order valence-corrected chi connectivity index (χ3v) is 2.63. The molecule has 0 saturated carbocycles. The van der Waals surface area contributed by atoms with Crippen LogP contribution in [-0.2, 0) is 4.79 Å². The highest BCUT2D eigenvalue weighted by molar-refractivity contribution is 6.39. The highest BCUT2D eigenvalue weighted by Gasteiger charge is 2.16. The van der Waals surface area contributed by atoms with Gasteiger partial charge in [-0.3, -0.25) is 10.2 Å². The molecular weight excluding hydrogens is 237 g/mol. The van der Waals surface area contributed by atoms with Crippen molar-refractivity contribution in [3.63, 3.8) is 0 Å². The van der Waals surface area contributed by atoms with Crippen molar-refractivity contribution in [3.8, 4) is 5.75 Å². The van der Waals surface area contributed by atoms with Gasteiger partial charge < -0.3 is 10.1 Å². The van der Waals surface area contributed by atoms with Crippen molar-refractivity contribution in [2.75, 3.05) is 19.1 Å². The van der Waals surface area contributed by atoms with Crippen molar-refractivity contribution < 1.29 is 13.9 Å². The zero-order chi connectivity index (χ0) is 13.0. The highest BCUT2D eigenvalue weighted by atomic mass is 19.1. The predicted molar refractivity (Wildman–Crippen MR) is 66.3 cm³/mol. The smallest absolute Gasteiger partial charge is 0.267 e. The van der Waals surface area contributed by atoms with Crippen LogP contribution in [0.5, 0.6) is 5.75 Å². The quantitative estimate of drug-likeness (QED) is 0.800. The molecule has 0 aromatic heterocycles. The molecule has 0 unspecified atom stereocenters. The van der Waals surface area contributed by atoms with Crippen LogP contribution >= 0.6 is 0 Å². The number of ether oxygens (including phenoxy) is 1. The Labute approximate surface area is 104 Å². The molecule has 0 radical (unpaired) electrons. The zero-order valence-electron chi connectivity index (χ0n) is 10.00. The van der Waals surface area contributed by atoms with Crippen LogP contribution in [0.1, 0.15) is 12.8 Å². The van der Waals surface area contributed by atoms with Crippen molar-refractivity contribution in [3.05, 3.63) is 24.0 Å². The summed E-state index contributed by atoms with van der Waals surface area (Å²) in [7, 11) is 1.47. The van der Waals surface area contributed by atoms with Crippen LogP contribution in [0, 0.1) is 5.82 Å². The largest absolute Gasteiger partial charge is 0.497 e. The van der Waals surface area contributed by atoms with Gasteiger partial charge in [0.15, 0.2) is 5.82 Å². The summed E-state index contributed by atoms with van der Waals surface area (Å²) >= 11 is 0. The number of rotatable bonds is 3. The number of methoxy groups -OCH3 is 1. The Kier molecular flexibility index (Phi) is 3.76. The fourth-order valence-electron chi connectivity index (χ4n) is 1.62. The van der Waals surface area contributed by atoms with Crippen LogP contribution < -0.4 is 15.5 Å². The van der Waals surface area contributed by atoms with Gasteiger partial charge in [0.1, 0.15) is 11.5 Å². The first-order chi connectivity index (χ1) is 8.70. The summed E-state index contributed by atoms with van der Waals surface area (Å²) in [6.07, 6.45) is 1.44. The molecule has 1 heterocycles. The molecule has 1 saturated heterocycles. The summed E-state index contributed by atoms with van der Waals surface area (Å²) in [5, 5.41) is 6.60. The number of hydrogen-bond acceptors (Lipinski definition) is 4. The first-order valence-electron chi connectivity index (χ1n) is 5.65. The molecule has 96 valence electrons. The molecule has 2 N–H and O–H groups in total. The van der Waals surface area contributed by atoms with Crippen LogP contribution in [0.25, 0.3) is 0 Å². The van der Waals surface area contributed by atoms with Gasteiger partial charge >= 0.3 is 0 Å². The Morgan fingerprint density at radius 2 is 2.33 bits per heavy atom. The Morgan fingerprint density at radius 3 is 3.00 bits per heavy atom. The maximum Gasteiger partial charge on any atom is 0.267 e. The first kappa shape index (κ1) is 12.3. The lowest BCUT2D eigenvalue weighted by Gasteiger charge is -2.13. The molecule has 0 atom stereocenters. The van der Waals surface area contributed by atoms with E-state index in [1.807, 2.05) is 0 Å². The monoisotopic (exact) mass is 251 g/mol. The number of nitrogens with zero attached hydrogens (tertiary/aromatic N) is 1. The average molecular weight is 251 g/mol. The van der Waals surface area contributed by atoms with Gasteiger partial charge in [0, 0.05) is 12.6 Å². The molecule has 2 rings (SSSR count). The maximum atomic E-state index is 13.6. The van der Waals surface area contributed by atoms with Gasteiger partial charge in [-0.05, 0) is 25.0 Å². The van der Waals surface area contributed by atoms with E-state index in [0.717, 1.165) is 6.42 Å². The van der Waals surface area contributed by atoms with Crippen molar-refractivity contribution in [2.24, 2.45) is 5.10 Å². The molecule has 6 heteroatoms. The van der Waals surface area contributed by atoms with Crippen LogP contribution in [0.3, 0.4) is 0 Å². The minimum atomic E-state index is -0.477. The number of anilines is 1. The van der Waals surface area contributed by atoms with Crippen LogP contribution in [0.15, 0.2) is 23.3 Å². The summed E-state index contributed by atoms with van der Waals surface area (Å²) < 4.78 is 18.5. The van der Waals surface area contributed by atoms with Crippen LogP contribution in [-0.4, -0.2) is 25.3 Å². The summed E-state index contributed by atoms with van der Waals surface area (Å²) in [6.45, 7) is 0.661. The first-order valence-corrected chi connectivity index (χ1v) is 5.65. The van der Waals surface area contributed by atoms with E-state index in [2.05, 4.69) is 15.8 Å². The average Bonchev–Trinajstić information content (AvgIpc) is 2.39. The summed E-state index contributed by atoms with van der Waals surface area (Å²) in [5.74, 6) is -0.251. The molecule has 1 fully saturated rings. The van der Waals surface area contributed by atoms with E-state index in [-0.39, 0.29) is 11.6 Å². The summed E-state index contributed by atoms with van der Waals surface area (Å²) in [5.41, 5.74) is 3.16. The van der Waals surface area contributed by atoms with Gasteiger partial charge in [-0.15, -0.1) is 0 Å². The molecule has 0 aliphatic carbocycles. The number of hydrazone groups is 1. The van der Waals surface area contributed by atoms with Gasteiger partial charge in [0.05, 0.1) is 12.8 Å². The van der Waals surface area contributed by atoms with Crippen molar-refractivity contribution in [1.29, 1.82) is 0 Å². The normalized spacial score (nSPS) is 17.4. The maximum absolute atomic E-state index is 13.6. The molecule has 5 nitrogen and oxygen atoms in total. The van der Waals surface area contributed by atoms with E-state index in [9.17, 15) is 9.18 Å². The minimum Gasteiger partial charge on any atom is -0.497 e. The van der Waals surface area contributed by atoms with Gasteiger partial charge in [0.2, 0.25) is 0 Å². The number of nitrogens with one attached hydrogen (secondary N) is 2. The summed E-state index contributed by atoms with van der Waals surface area (Å²) in [6, 6.07) is 4.38. The topological polar surface area (TPSA) is 62.7 Å². The van der Waals surface area contributed by atoms with E-state index < -0.39 is 5.82 Å². The second kappa shape index (κ2) is 5.48. The molecule has 18 heavy (non-hydrogen) atoms. The van der Waals surface area contributed by atoms with Gasteiger partial charge in [-0.25, -0.2) is 4.39 Å². The van der Waals surface area contributed by atoms with Gasteiger partial charge in [-0.1, -0.05) is 0 Å². The Bertz CT molecular complexity index is 488. The third-order valence-electron chi connectivity index (χ3n) is 2.63. The number of benzene rings is 1. The van der Waals surface area contributed by atoms with E-state index in [1.165, 1.54) is 19.2 Å². The standard InChI is InChI=1S/C12H14FN3O2/c1-18-8-4-5-10(9(13)7-8)15-16-11-3-2-6-14-12(11)17/h4-5,7,15H,2-3,6H2,1H3,(H,14,17). The van der Waals surface area contributed by atoms with Gasteiger partial charge in [-0.2, -0.15) is 5.10 Å². The predicted octanol–water partition coefficient (Wildman–Crippen LogP) is 1.51. The zero-order valence-corrected chi connectivity index (χ0v) is 10.00. The van der Waals surface area contributed by atoms with E-state index >= 15 is 0 Å². The number of piperidine rings is 1. The fraction of sp³-hybridized carbons (Fsp3) is 0.333. The highest BCUT2D eigenvalue weighted by Crippen LogP contribution is 2.20. The van der Waals surface area contributed by atoms with Gasteiger partial charge in [0.25, 0.3) is 5.91 Å². The summed E-state index contributed by atoms with van der Waals surface area (Å²) in [4.78, 5) is 11.4. The fourth-order valence-corrected chi connectivity index (χ4v) is 1.62. The van der Waals surface area contributed by atoms with Crippen LogP contribution in [0.4, 0.5) is 10.1 Å². The molecular formula is C12H14FN3O2. The minimum absolute atomic E-state index is 0.206.